The zero-order valence-electron chi connectivity index (χ0n) is 35.8. The third-order valence-electron chi connectivity index (χ3n) is 15.6. The molecule has 306 valence electrons. The molecule has 4 aliphatic carbocycles. The molecule has 9 aromatic rings. The quantitative estimate of drug-likeness (QED) is 0.168. The molecule has 63 heavy (non-hydrogen) atoms. The largest absolute Gasteiger partial charge is 0.326 e. The molecule has 0 N–H and O–H groups in total. The Kier molecular flexibility index (Phi) is 8.07. The first-order valence-corrected chi connectivity index (χ1v) is 23.0. The third-order valence-corrected chi connectivity index (χ3v) is 15.6. The topological polar surface area (TPSA) is 46.8 Å². The van der Waals surface area contributed by atoms with E-state index in [1.165, 1.54) is 93.2 Å². The molecule has 0 atom stereocenters. The van der Waals surface area contributed by atoms with E-state index in [0.29, 0.717) is 11.8 Å². The first-order chi connectivity index (χ1) is 30.9. The Labute approximate surface area is 369 Å². The van der Waals surface area contributed by atoms with E-state index in [4.69, 9.17) is 15.0 Å². The molecule has 5 aliphatic rings. The molecule has 0 amide bonds. The Morgan fingerprint density at radius 3 is 1.67 bits per heavy atom. The van der Waals surface area contributed by atoms with Crippen LogP contribution >= 0.6 is 0 Å². The van der Waals surface area contributed by atoms with E-state index >= 15 is 0 Å². The van der Waals surface area contributed by atoms with Crippen molar-refractivity contribution in [2.24, 2.45) is 23.7 Å². The zero-order chi connectivity index (χ0) is 41.9. The van der Waals surface area contributed by atoms with Crippen LogP contribution in [0.15, 0.2) is 176 Å². The van der Waals surface area contributed by atoms with Gasteiger partial charge < -0.3 is 9.47 Å². The highest BCUT2D eigenvalue weighted by Crippen LogP contribution is 2.64. The van der Waals surface area contributed by atoms with E-state index in [1.807, 2.05) is 0 Å². The van der Waals surface area contributed by atoms with Gasteiger partial charge in [-0.3, -0.25) is 0 Å². The summed E-state index contributed by atoms with van der Waals surface area (Å²) in [5.74, 6) is 4.78. The summed E-state index contributed by atoms with van der Waals surface area (Å²) in [7, 11) is 0. The number of fused-ring (bicyclic) bond motifs is 5. The van der Waals surface area contributed by atoms with Gasteiger partial charge in [-0.15, -0.1) is 0 Å². The predicted octanol–water partition coefficient (Wildman–Crippen LogP) is 14.3. The van der Waals surface area contributed by atoms with Crippen LogP contribution in [0.5, 0.6) is 0 Å². The van der Waals surface area contributed by atoms with E-state index in [-0.39, 0.29) is 5.41 Å². The molecule has 3 heterocycles. The SMILES string of the molecule is CC1(C)c2ccccc2N(c2ccccc2)c2cc(-c3ccc4c(c3)c3ccccc3n4C3(c4nc(-c5ccccc5)nc(-c5ccccc5)n4)C4CC5CC(C4)CC3C5)ccc21. The lowest BCUT2D eigenvalue weighted by Crippen LogP contribution is -2.60. The molecule has 2 aromatic heterocycles. The molecule has 14 rings (SSSR count). The number of nitrogens with zero attached hydrogens (tertiary/aromatic N) is 5. The minimum Gasteiger partial charge on any atom is -0.326 e. The first kappa shape index (κ1) is 36.8. The number of para-hydroxylation sites is 3. The molecule has 1 aliphatic heterocycles. The highest BCUT2D eigenvalue weighted by molar-refractivity contribution is 6.10. The molecule has 4 saturated carbocycles. The summed E-state index contributed by atoms with van der Waals surface area (Å²) in [6.07, 6.45) is 6.20. The highest BCUT2D eigenvalue weighted by Gasteiger charge is 2.61. The summed E-state index contributed by atoms with van der Waals surface area (Å²) in [5, 5.41) is 2.56. The number of hydrogen-bond donors (Lipinski definition) is 0. The van der Waals surface area contributed by atoms with Crippen LogP contribution < -0.4 is 4.90 Å². The van der Waals surface area contributed by atoms with Gasteiger partial charge in [0.25, 0.3) is 0 Å². The minimum absolute atomic E-state index is 0.157. The van der Waals surface area contributed by atoms with Crippen molar-refractivity contribution in [2.45, 2.75) is 56.9 Å². The average Bonchev–Trinajstić information content (AvgIpc) is 3.66. The zero-order valence-corrected chi connectivity index (χ0v) is 35.8. The fourth-order valence-electron chi connectivity index (χ4n) is 13.0. The maximum absolute atomic E-state index is 5.64. The number of benzene rings is 7. The second kappa shape index (κ2) is 13.8. The van der Waals surface area contributed by atoms with E-state index in [1.54, 1.807) is 0 Å². The molecule has 7 aromatic carbocycles. The summed E-state index contributed by atoms with van der Waals surface area (Å²) < 4.78 is 2.75. The summed E-state index contributed by atoms with van der Waals surface area (Å²) >= 11 is 0. The molecule has 0 saturated heterocycles. The van der Waals surface area contributed by atoms with Gasteiger partial charge >= 0.3 is 0 Å². The van der Waals surface area contributed by atoms with Gasteiger partial charge in [0.05, 0.1) is 22.4 Å². The van der Waals surface area contributed by atoms with Crippen LogP contribution in [0.2, 0.25) is 0 Å². The lowest BCUT2D eigenvalue weighted by atomic mass is 9.48. The maximum atomic E-state index is 5.64. The van der Waals surface area contributed by atoms with Crippen molar-refractivity contribution in [3.05, 3.63) is 193 Å². The van der Waals surface area contributed by atoms with E-state index in [9.17, 15) is 0 Å². The fourth-order valence-corrected chi connectivity index (χ4v) is 13.0. The van der Waals surface area contributed by atoms with Crippen molar-refractivity contribution in [1.29, 1.82) is 0 Å². The van der Waals surface area contributed by atoms with Gasteiger partial charge in [-0.05, 0) is 120 Å². The van der Waals surface area contributed by atoms with E-state index in [0.717, 1.165) is 40.4 Å². The molecule has 0 radical (unpaired) electrons. The number of hydrogen-bond acceptors (Lipinski definition) is 4. The second-order valence-corrected chi connectivity index (χ2v) is 19.3. The summed E-state index contributed by atoms with van der Waals surface area (Å²) in [6, 6.07) is 64.3. The summed E-state index contributed by atoms with van der Waals surface area (Å²) in [4.78, 5) is 18.9. The van der Waals surface area contributed by atoms with Crippen molar-refractivity contribution in [2.75, 3.05) is 4.90 Å². The first-order valence-electron chi connectivity index (χ1n) is 23.0. The molecule has 5 nitrogen and oxygen atoms in total. The van der Waals surface area contributed by atoms with Crippen LogP contribution in [0, 0.1) is 23.7 Å². The predicted molar refractivity (Wildman–Crippen MR) is 257 cm³/mol. The van der Waals surface area contributed by atoms with E-state index in [2.05, 4.69) is 199 Å². The highest BCUT2D eigenvalue weighted by atomic mass is 15.2. The molecule has 4 bridgehead atoms. The van der Waals surface area contributed by atoms with Gasteiger partial charge in [-0.1, -0.05) is 147 Å². The monoisotopic (exact) mass is 815 g/mol. The van der Waals surface area contributed by atoms with Crippen molar-refractivity contribution in [3.8, 4) is 33.9 Å². The summed E-state index contributed by atoms with van der Waals surface area (Å²) in [5.41, 5.74) is 12.7. The normalized spacial score (nSPS) is 22.9. The average molecular weight is 816 g/mol. The molecule has 0 unspecified atom stereocenters. The standard InChI is InChI=1S/C58H49N5/c1-57(2)48-23-13-15-25-52(48)62(45-20-10-5-11-21-45)53-36-42(26-28-49(53)57)41-27-29-51-47(35-41)46-22-12-14-24-50(46)63(51)58(43-31-37-30-38(33-43)34-44(58)32-37)56-60-54(39-16-6-3-7-17-39)59-55(61-56)40-18-8-4-9-19-40/h3-29,35-38,43-44H,30-34H2,1-2H3. The molecule has 4 fully saturated rings. The van der Waals surface area contributed by atoms with Crippen LogP contribution in [-0.4, -0.2) is 19.5 Å². The van der Waals surface area contributed by atoms with Crippen molar-refractivity contribution in [1.82, 2.24) is 19.5 Å². The smallest absolute Gasteiger partial charge is 0.163 e. The molecular formula is C58H49N5. The van der Waals surface area contributed by atoms with Gasteiger partial charge in [0.1, 0.15) is 5.54 Å². The third kappa shape index (κ3) is 5.45. The Morgan fingerprint density at radius 1 is 0.444 bits per heavy atom. The minimum atomic E-state index is -0.437. The summed E-state index contributed by atoms with van der Waals surface area (Å²) in [6.45, 7) is 4.73. The van der Waals surface area contributed by atoms with Crippen LogP contribution in [0.25, 0.3) is 55.7 Å². The van der Waals surface area contributed by atoms with Crippen LogP contribution in [0.4, 0.5) is 17.1 Å². The van der Waals surface area contributed by atoms with E-state index < -0.39 is 5.54 Å². The number of anilines is 3. The van der Waals surface area contributed by atoms with Gasteiger partial charge in [0, 0.05) is 33.0 Å². The Morgan fingerprint density at radius 2 is 0.984 bits per heavy atom. The maximum Gasteiger partial charge on any atom is 0.163 e. The molecule has 0 spiro atoms. The van der Waals surface area contributed by atoms with Crippen molar-refractivity contribution in [3.63, 3.8) is 0 Å². The van der Waals surface area contributed by atoms with Gasteiger partial charge in [-0.2, -0.15) is 0 Å². The Hall–Kier alpha value is -6.85. The number of rotatable bonds is 6. The van der Waals surface area contributed by atoms with Crippen molar-refractivity contribution >= 4 is 38.9 Å². The van der Waals surface area contributed by atoms with Crippen molar-refractivity contribution < 1.29 is 0 Å². The Bertz CT molecular complexity index is 3140. The molecular weight excluding hydrogens is 767 g/mol. The van der Waals surface area contributed by atoms with Gasteiger partial charge in [-0.25, -0.2) is 15.0 Å². The Balaban J connectivity index is 1.04. The van der Waals surface area contributed by atoms with Gasteiger partial charge in [0.2, 0.25) is 0 Å². The lowest BCUT2D eigenvalue weighted by Gasteiger charge is -2.61. The molecule has 5 heteroatoms. The fraction of sp³-hybridized carbons (Fsp3) is 0.224. The van der Waals surface area contributed by atoms with Crippen LogP contribution in [-0.2, 0) is 11.0 Å². The second-order valence-electron chi connectivity index (χ2n) is 19.3. The lowest BCUT2D eigenvalue weighted by molar-refractivity contribution is -0.0760. The van der Waals surface area contributed by atoms with Crippen LogP contribution in [0.1, 0.15) is 62.9 Å². The van der Waals surface area contributed by atoms with Crippen LogP contribution in [0.3, 0.4) is 0 Å². The number of aromatic nitrogens is 4. The van der Waals surface area contributed by atoms with Gasteiger partial charge in [0.15, 0.2) is 17.5 Å².